The van der Waals surface area contributed by atoms with E-state index in [-0.39, 0.29) is 12.4 Å². The Morgan fingerprint density at radius 3 is 2.77 bits per heavy atom. The van der Waals surface area contributed by atoms with Gasteiger partial charge in [0.15, 0.2) is 0 Å². The van der Waals surface area contributed by atoms with E-state index >= 15 is 0 Å². The maximum Gasteiger partial charge on any atom is 0.293 e. The molecular formula is C21H26FN5O2S. The summed E-state index contributed by atoms with van der Waals surface area (Å²) in [5.41, 5.74) is 4.20. The van der Waals surface area contributed by atoms with Crippen LogP contribution in [0.3, 0.4) is 0 Å². The molecule has 0 saturated carbocycles. The number of nitrogens with one attached hydrogen (secondary N) is 3. The van der Waals surface area contributed by atoms with Crippen LogP contribution in [0.5, 0.6) is 0 Å². The van der Waals surface area contributed by atoms with E-state index in [4.69, 9.17) is 10.1 Å². The Hall–Kier alpha value is -2.78. The summed E-state index contributed by atoms with van der Waals surface area (Å²) in [7, 11) is 0. The predicted molar refractivity (Wildman–Crippen MR) is 117 cm³/mol. The third-order valence-corrected chi connectivity index (χ3v) is 5.75. The zero-order chi connectivity index (χ0) is 21.5. The van der Waals surface area contributed by atoms with E-state index in [0.717, 1.165) is 29.9 Å². The fourth-order valence-corrected chi connectivity index (χ4v) is 4.03. The third-order valence-electron chi connectivity index (χ3n) is 4.75. The van der Waals surface area contributed by atoms with Gasteiger partial charge in [-0.25, -0.2) is 9.37 Å². The minimum Gasteiger partial charge on any atom is -0.486 e. The Bertz CT molecular complexity index is 917. The highest BCUT2D eigenvalue weighted by atomic mass is 32.1. The van der Waals surface area contributed by atoms with Gasteiger partial charge in [-0.2, -0.15) is 0 Å². The van der Waals surface area contributed by atoms with Gasteiger partial charge in [-0.1, -0.05) is 0 Å². The average molecular weight is 432 g/mol. The number of halogens is 1. The lowest BCUT2D eigenvalue weighted by molar-refractivity contribution is -0.116. The molecule has 3 N–H and O–H groups in total. The van der Waals surface area contributed by atoms with Crippen LogP contribution < -0.4 is 10.6 Å². The van der Waals surface area contributed by atoms with Gasteiger partial charge in [0.2, 0.25) is 5.76 Å². The number of ether oxygens (including phenoxy) is 1. The number of benzene rings is 1. The highest BCUT2D eigenvalue weighted by Crippen LogP contribution is 2.19. The molecule has 0 radical (unpaired) electrons. The van der Waals surface area contributed by atoms with Gasteiger partial charge in [-0.3, -0.25) is 4.79 Å². The number of amides is 1. The lowest BCUT2D eigenvalue weighted by atomic mass is 10.2. The van der Waals surface area contributed by atoms with Crippen molar-refractivity contribution in [1.82, 2.24) is 15.2 Å². The van der Waals surface area contributed by atoms with Gasteiger partial charge >= 0.3 is 0 Å². The fourth-order valence-electron chi connectivity index (χ4n) is 3.27. The number of hydrogen-bond donors (Lipinski definition) is 3. The molecule has 7 nitrogen and oxygen atoms in total. The van der Waals surface area contributed by atoms with Gasteiger partial charge in [0.25, 0.3) is 5.91 Å². The number of rotatable bonds is 8. The number of aromatic nitrogens is 1. The second-order valence-corrected chi connectivity index (χ2v) is 7.97. The Labute approximate surface area is 179 Å². The van der Waals surface area contributed by atoms with Gasteiger partial charge in [-0.05, 0) is 37.6 Å². The number of hydrogen-bond acceptors (Lipinski definition) is 7. The van der Waals surface area contributed by atoms with Crippen molar-refractivity contribution >= 4 is 29.1 Å². The number of allylic oxidation sites excluding steroid dienone is 1. The predicted octanol–water partition coefficient (Wildman–Crippen LogP) is 2.86. The molecule has 1 aromatic carbocycles. The molecule has 2 heterocycles. The van der Waals surface area contributed by atoms with E-state index < -0.39 is 11.7 Å². The molecule has 1 aliphatic rings. The highest BCUT2D eigenvalue weighted by Gasteiger charge is 2.23. The lowest BCUT2D eigenvalue weighted by Crippen LogP contribution is -2.44. The lowest BCUT2D eigenvalue weighted by Gasteiger charge is -2.31. The van der Waals surface area contributed by atoms with Crippen LogP contribution in [0.2, 0.25) is 0 Å². The first-order chi connectivity index (χ1) is 14.5. The highest BCUT2D eigenvalue weighted by molar-refractivity contribution is 7.09. The average Bonchev–Trinajstić information content (AvgIpc) is 3.12. The van der Waals surface area contributed by atoms with E-state index in [2.05, 4.69) is 15.6 Å². The first-order valence-electron chi connectivity index (χ1n) is 9.78. The van der Waals surface area contributed by atoms with Crippen molar-refractivity contribution in [2.24, 2.45) is 0 Å². The Morgan fingerprint density at radius 2 is 2.13 bits per heavy atom. The van der Waals surface area contributed by atoms with E-state index in [1.807, 2.05) is 11.8 Å². The molecule has 1 fully saturated rings. The quantitative estimate of drug-likeness (QED) is 0.340. The molecule has 1 aliphatic heterocycles. The smallest absolute Gasteiger partial charge is 0.293 e. The molecule has 2 aromatic rings. The molecular weight excluding hydrogens is 405 g/mol. The third kappa shape index (κ3) is 5.64. The van der Waals surface area contributed by atoms with E-state index in [1.165, 1.54) is 12.1 Å². The zero-order valence-corrected chi connectivity index (χ0v) is 17.9. The topological polar surface area (TPSA) is 90.3 Å². The van der Waals surface area contributed by atoms with Crippen LogP contribution in [0.1, 0.15) is 16.1 Å². The Kier molecular flexibility index (Phi) is 7.53. The summed E-state index contributed by atoms with van der Waals surface area (Å²) >= 11 is 1.54. The molecule has 30 heavy (non-hydrogen) atoms. The molecule has 0 unspecified atom stereocenters. The summed E-state index contributed by atoms with van der Waals surface area (Å²) in [5.74, 6) is -0.860. The number of carbonyl (C=O) groups excluding carboxylic acids is 1. The van der Waals surface area contributed by atoms with Crippen molar-refractivity contribution in [3.63, 3.8) is 0 Å². The van der Waals surface area contributed by atoms with Crippen LogP contribution in [-0.4, -0.2) is 54.8 Å². The minimum atomic E-state index is -0.502. The summed E-state index contributed by atoms with van der Waals surface area (Å²) in [6, 6.07) is 4.34. The maximum absolute atomic E-state index is 13.7. The zero-order valence-electron chi connectivity index (χ0n) is 17.1. The van der Waals surface area contributed by atoms with Gasteiger partial charge in [0, 0.05) is 49.4 Å². The Balaban J connectivity index is 1.82. The van der Waals surface area contributed by atoms with Crippen molar-refractivity contribution < 1.29 is 13.9 Å². The summed E-state index contributed by atoms with van der Waals surface area (Å²) in [6.07, 6.45) is 1.76. The SMILES string of the molecule is Cc1cc(F)cc(NC(=O)/C(OCCc2scnc2C)=C(\C=N)N2CCNCC2)c1. The van der Waals surface area contributed by atoms with E-state index in [1.54, 1.807) is 29.8 Å². The molecule has 9 heteroatoms. The van der Waals surface area contributed by atoms with Gasteiger partial charge < -0.3 is 25.7 Å². The first kappa shape index (κ1) is 21.9. The number of carbonyl (C=O) groups is 1. The Morgan fingerprint density at radius 1 is 1.37 bits per heavy atom. The molecule has 160 valence electrons. The number of anilines is 1. The monoisotopic (exact) mass is 431 g/mol. The number of piperazine rings is 1. The van der Waals surface area contributed by atoms with Crippen LogP contribution >= 0.6 is 11.3 Å². The maximum atomic E-state index is 13.7. The normalized spacial score (nSPS) is 14.8. The van der Waals surface area contributed by atoms with Crippen LogP contribution in [0.4, 0.5) is 10.1 Å². The second kappa shape index (κ2) is 10.3. The molecule has 0 atom stereocenters. The number of aryl methyl sites for hydroxylation is 2. The van der Waals surface area contributed by atoms with E-state index in [0.29, 0.717) is 36.5 Å². The van der Waals surface area contributed by atoms with Crippen molar-refractivity contribution in [2.75, 3.05) is 38.1 Å². The van der Waals surface area contributed by atoms with Crippen LogP contribution in [0.25, 0.3) is 0 Å². The van der Waals surface area contributed by atoms with Crippen molar-refractivity contribution in [1.29, 1.82) is 5.41 Å². The second-order valence-electron chi connectivity index (χ2n) is 7.03. The van der Waals surface area contributed by atoms with E-state index in [9.17, 15) is 9.18 Å². The standard InChI is InChI=1S/C21H26FN5O2S/c1-14-9-16(22)11-17(10-14)26-21(28)20(18(12-23)27-6-4-24-5-7-27)29-8-3-19-15(2)25-13-30-19/h9-13,23-24H,3-8H2,1-2H3,(H,26,28)/b20-18-,23-12?. The van der Waals surface area contributed by atoms with Gasteiger partial charge in [0.1, 0.15) is 11.5 Å². The minimum absolute atomic E-state index is 0.0657. The first-order valence-corrected chi connectivity index (χ1v) is 10.7. The van der Waals surface area contributed by atoms with Crippen molar-refractivity contribution in [3.8, 4) is 0 Å². The van der Waals surface area contributed by atoms with Crippen molar-refractivity contribution in [2.45, 2.75) is 20.3 Å². The molecule has 1 aromatic heterocycles. The fraction of sp³-hybridized carbons (Fsp3) is 0.381. The van der Waals surface area contributed by atoms with Crippen LogP contribution in [0, 0.1) is 25.1 Å². The number of thiazole rings is 1. The summed E-state index contributed by atoms with van der Waals surface area (Å²) in [5, 5.41) is 13.9. The molecule has 1 saturated heterocycles. The molecule has 0 spiro atoms. The molecule has 3 rings (SSSR count). The van der Waals surface area contributed by atoms with Crippen molar-refractivity contribution in [3.05, 3.63) is 57.1 Å². The summed E-state index contributed by atoms with van der Waals surface area (Å²) < 4.78 is 19.7. The van der Waals surface area contributed by atoms with Crippen LogP contribution in [-0.2, 0) is 16.0 Å². The largest absolute Gasteiger partial charge is 0.486 e. The van der Waals surface area contributed by atoms with Gasteiger partial charge in [-0.15, -0.1) is 11.3 Å². The summed E-state index contributed by atoms with van der Waals surface area (Å²) in [4.78, 5) is 20.3. The number of nitrogens with zero attached hydrogens (tertiary/aromatic N) is 2. The molecule has 1 amide bonds. The van der Waals surface area contributed by atoms with Crippen LogP contribution in [0.15, 0.2) is 35.2 Å². The summed E-state index contributed by atoms with van der Waals surface area (Å²) in [6.45, 7) is 6.82. The molecule has 0 bridgehead atoms. The molecule has 0 aliphatic carbocycles. The van der Waals surface area contributed by atoms with Gasteiger partial charge in [0.05, 0.1) is 17.8 Å².